The number of nitrogens with zero attached hydrogens (tertiary/aromatic N) is 2. The Labute approximate surface area is 196 Å². The third-order valence-electron chi connectivity index (χ3n) is 4.92. The number of hydrogen-bond donors (Lipinski definition) is 1. The number of non-ortho nitro benzene ring substituents is 1. The van der Waals surface area contributed by atoms with Crippen LogP contribution in [0.15, 0.2) is 58.5 Å². The summed E-state index contributed by atoms with van der Waals surface area (Å²) >= 11 is 12.3. The summed E-state index contributed by atoms with van der Waals surface area (Å²) in [6.07, 6.45) is 1.17. The molecule has 11 heteroatoms. The molecular formula is C22H13Cl2N3O6. The van der Waals surface area contributed by atoms with E-state index in [0.717, 1.165) is 4.90 Å². The van der Waals surface area contributed by atoms with Gasteiger partial charge in [-0.25, -0.2) is 9.69 Å². The van der Waals surface area contributed by atoms with Crippen molar-refractivity contribution < 1.29 is 23.7 Å². The van der Waals surface area contributed by atoms with Crippen molar-refractivity contribution in [1.82, 2.24) is 5.32 Å². The normalized spacial score (nSPS) is 15.2. The van der Waals surface area contributed by atoms with E-state index in [1.165, 1.54) is 42.5 Å². The number of nitro groups is 1. The summed E-state index contributed by atoms with van der Waals surface area (Å²) in [5, 5.41) is 13.7. The molecule has 0 radical (unpaired) electrons. The molecule has 1 aliphatic heterocycles. The zero-order valence-corrected chi connectivity index (χ0v) is 18.3. The summed E-state index contributed by atoms with van der Waals surface area (Å²) in [6, 6.07) is 10.6. The van der Waals surface area contributed by atoms with Crippen molar-refractivity contribution in [1.29, 1.82) is 0 Å². The summed E-state index contributed by atoms with van der Waals surface area (Å²) in [6.45, 7) is 1.64. The maximum absolute atomic E-state index is 13.1. The quantitative estimate of drug-likeness (QED) is 0.236. The molecule has 166 valence electrons. The van der Waals surface area contributed by atoms with Gasteiger partial charge in [0.05, 0.1) is 15.6 Å². The second-order valence-electron chi connectivity index (χ2n) is 6.97. The van der Waals surface area contributed by atoms with E-state index in [-0.39, 0.29) is 39.1 Å². The number of nitrogens with one attached hydrogen (secondary N) is 1. The van der Waals surface area contributed by atoms with E-state index in [9.17, 15) is 24.5 Å². The van der Waals surface area contributed by atoms with Crippen LogP contribution in [0.4, 0.5) is 16.2 Å². The van der Waals surface area contributed by atoms with Gasteiger partial charge >= 0.3 is 6.03 Å². The minimum absolute atomic E-state index is 0.100. The lowest BCUT2D eigenvalue weighted by Gasteiger charge is -2.27. The highest BCUT2D eigenvalue weighted by molar-refractivity contribution is 6.40. The number of hydrogen-bond acceptors (Lipinski definition) is 6. The molecule has 0 saturated carbocycles. The molecule has 1 fully saturated rings. The van der Waals surface area contributed by atoms with Crippen LogP contribution in [0.2, 0.25) is 10.0 Å². The topological polar surface area (TPSA) is 123 Å². The Morgan fingerprint density at radius 2 is 1.82 bits per heavy atom. The second kappa shape index (κ2) is 8.53. The van der Waals surface area contributed by atoms with E-state index >= 15 is 0 Å². The van der Waals surface area contributed by atoms with Crippen LogP contribution < -0.4 is 10.2 Å². The number of rotatable bonds is 4. The second-order valence-corrected chi connectivity index (χ2v) is 7.78. The molecule has 0 spiro atoms. The highest BCUT2D eigenvalue weighted by Crippen LogP contribution is 2.34. The van der Waals surface area contributed by atoms with Crippen molar-refractivity contribution in [3.8, 4) is 11.3 Å². The molecule has 4 amide bonds. The van der Waals surface area contributed by atoms with Gasteiger partial charge in [-0.05, 0) is 48.9 Å². The number of halogens is 2. The minimum atomic E-state index is -0.906. The fraction of sp³-hybridized carbons (Fsp3) is 0.0455. The zero-order chi connectivity index (χ0) is 23.9. The lowest BCUT2D eigenvalue weighted by Crippen LogP contribution is -2.54. The van der Waals surface area contributed by atoms with Crippen LogP contribution in [-0.4, -0.2) is 22.8 Å². The number of carbonyl (C=O) groups is 3. The summed E-state index contributed by atoms with van der Waals surface area (Å²) in [7, 11) is 0. The highest BCUT2D eigenvalue weighted by Gasteiger charge is 2.37. The van der Waals surface area contributed by atoms with Gasteiger partial charge in [0, 0.05) is 22.7 Å². The third-order valence-corrected chi connectivity index (χ3v) is 5.66. The van der Waals surface area contributed by atoms with Crippen molar-refractivity contribution in [2.45, 2.75) is 6.92 Å². The monoisotopic (exact) mass is 485 g/mol. The predicted molar refractivity (Wildman–Crippen MR) is 121 cm³/mol. The largest absolute Gasteiger partial charge is 0.457 e. The first-order valence-corrected chi connectivity index (χ1v) is 10.1. The molecule has 1 aromatic heterocycles. The number of furan rings is 1. The number of urea groups is 1. The first-order chi connectivity index (χ1) is 15.7. The van der Waals surface area contributed by atoms with Crippen LogP contribution in [0.1, 0.15) is 11.3 Å². The Balaban J connectivity index is 1.72. The summed E-state index contributed by atoms with van der Waals surface area (Å²) in [4.78, 5) is 49.1. The van der Waals surface area contributed by atoms with Crippen LogP contribution in [0, 0.1) is 17.0 Å². The molecule has 0 atom stereocenters. The van der Waals surface area contributed by atoms with Crippen molar-refractivity contribution in [3.05, 3.63) is 85.6 Å². The molecule has 33 heavy (non-hydrogen) atoms. The molecule has 1 saturated heterocycles. The van der Waals surface area contributed by atoms with Gasteiger partial charge in [-0.1, -0.05) is 29.3 Å². The fourth-order valence-electron chi connectivity index (χ4n) is 3.25. The molecule has 1 aliphatic rings. The van der Waals surface area contributed by atoms with Gasteiger partial charge in [-0.15, -0.1) is 0 Å². The molecule has 2 aromatic carbocycles. The third kappa shape index (κ3) is 4.11. The standard InChI is InChI=1S/C22H13Cl2N3O6/c1-11-16(23)3-2-4-18(11)26-21(29)15(20(28)25-22(26)30)10-13-6-8-19(33-13)14-9-12(27(31)32)5-7-17(14)24/h2-10H,1H3,(H,25,28,30)/b15-10+. The zero-order valence-electron chi connectivity index (χ0n) is 16.8. The number of benzene rings is 2. The lowest BCUT2D eigenvalue weighted by molar-refractivity contribution is -0.384. The first kappa shape index (κ1) is 22.3. The number of anilines is 1. The van der Waals surface area contributed by atoms with Gasteiger partial charge in [0.2, 0.25) is 0 Å². The van der Waals surface area contributed by atoms with Crippen molar-refractivity contribution >= 4 is 58.5 Å². The summed E-state index contributed by atoms with van der Waals surface area (Å²) < 4.78 is 5.66. The maximum Gasteiger partial charge on any atom is 0.335 e. The summed E-state index contributed by atoms with van der Waals surface area (Å²) in [5.41, 5.74) is 0.448. The maximum atomic E-state index is 13.1. The van der Waals surface area contributed by atoms with Gasteiger partial charge < -0.3 is 4.42 Å². The van der Waals surface area contributed by atoms with Gasteiger partial charge in [0.25, 0.3) is 17.5 Å². The van der Waals surface area contributed by atoms with Crippen LogP contribution >= 0.6 is 23.2 Å². The fourth-order valence-corrected chi connectivity index (χ4v) is 3.63. The van der Waals surface area contributed by atoms with Crippen molar-refractivity contribution in [3.63, 3.8) is 0 Å². The van der Waals surface area contributed by atoms with Crippen LogP contribution in [-0.2, 0) is 9.59 Å². The van der Waals surface area contributed by atoms with Crippen molar-refractivity contribution in [2.24, 2.45) is 0 Å². The molecule has 1 N–H and O–H groups in total. The van der Waals surface area contributed by atoms with E-state index in [2.05, 4.69) is 5.32 Å². The smallest absolute Gasteiger partial charge is 0.335 e. The molecule has 9 nitrogen and oxygen atoms in total. The molecule has 0 aliphatic carbocycles. The average molecular weight is 486 g/mol. The van der Waals surface area contributed by atoms with E-state index in [1.807, 2.05) is 0 Å². The Kier molecular flexibility index (Phi) is 5.75. The Bertz CT molecular complexity index is 1380. The Hall–Kier alpha value is -3.95. The number of barbiturate groups is 1. The lowest BCUT2D eigenvalue weighted by atomic mass is 10.1. The molecule has 4 rings (SSSR count). The van der Waals surface area contributed by atoms with Crippen LogP contribution in [0.5, 0.6) is 0 Å². The summed E-state index contributed by atoms with van der Waals surface area (Å²) in [5.74, 6) is -1.46. The van der Waals surface area contributed by atoms with E-state index in [1.54, 1.807) is 19.1 Å². The first-order valence-electron chi connectivity index (χ1n) is 9.38. The Morgan fingerprint density at radius 3 is 2.55 bits per heavy atom. The van der Waals surface area contributed by atoms with Gasteiger partial charge in [-0.3, -0.25) is 25.0 Å². The number of nitro benzene ring substituents is 1. The molecule has 2 heterocycles. The van der Waals surface area contributed by atoms with E-state index in [0.29, 0.717) is 10.6 Å². The van der Waals surface area contributed by atoms with E-state index in [4.69, 9.17) is 27.6 Å². The van der Waals surface area contributed by atoms with Crippen LogP contribution in [0.25, 0.3) is 17.4 Å². The molecular weight excluding hydrogens is 473 g/mol. The predicted octanol–water partition coefficient (Wildman–Crippen LogP) is 5.14. The van der Waals surface area contributed by atoms with Gasteiger partial charge in [0.15, 0.2) is 0 Å². The highest BCUT2D eigenvalue weighted by atomic mass is 35.5. The Morgan fingerprint density at radius 1 is 1.06 bits per heavy atom. The van der Waals surface area contributed by atoms with Gasteiger partial charge in [-0.2, -0.15) is 0 Å². The number of amides is 4. The van der Waals surface area contributed by atoms with Gasteiger partial charge in [0.1, 0.15) is 17.1 Å². The van der Waals surface area contributed by atoms with E-state index < -0.39 is 22.8 Å². The molecule has 0 bridgehead atoms. The SMILES string of the molecule is Cc1c(Cl)cccc1N1C(=O)NC(=O)/C(=C\c2ccc(-c3cc([N+](=O)[O-])ccc3Cl)o2)C1=O. The van der Waals surface area contributed by atoms with Crippen LogP contribution in [0.3, 0.4) is 0 Å². The number of carbonyl (C=O) groups excluding carboxylic acids is 3. The average Bonchev–Trinajstić information content (AvgIpc) is 3.22. The minimum Gasteiger partial charge on any atom is -0.457 e. The molecule has 0 unspecified atom stereocenters. The van der Waals surface area contributed by atoms with Crippen molar-refractivity contribution in [2.75, 3.05) is 4.90 Å². The number of imide groups is 2. The molecule has 3 aromatic rings.